The first-order valence-corrected chi connectivity index (χ1v) is 4.85. The second-order valence-electron chi connectivity index (χ2n) is 2.83. The van der Waals surface area contributed by atoms with Crippen LogP contribution in [0.5, 0.6) is 0 Å². The maximum absolute atomic E-state index is 3.98. The van der Waals surface area contributed by atoms with Gasteiger partial charge in [0.1, 0.15) is 6.33 Å². The minimum atomic E-state index is 1.23. The van der Waals surface area contributed by atoms with Crippen molar-refractivity contribution in [2.75, 3.05) is 0 Å². The van der Waals surface area contributed by atoms with Crippen LogP contribution in [-0.2, 0) is 0 Å². The van der Waals surface area contributed by atoms with Crippen LogP contribution in [0.15, 0.2) is 47.9 Å². The predicted octanol–water partition coefficient (Wildman–Crippen LogP) is 2.75. The maximum Gasteiger partial charge on any atom is 0.105 e. The van der Waals surface area contributed by atoms with Crippen molar-refractivity contribution in [2.24, 2.45) is 0 Å². The summed E-state index contributed by atoms with van der Waals surface area (Å²) in [7, 11) is 0. The predicted molar refractivity (Wildman–Crippen MR) is 54.7 cm³/mol. The lowest BCUT2D eigenvalue weighted by Gasteiger charge is -2.00. The number of aromatic nitrogens is 2. The summed E-state index contributed by atoms with van der Waals surface area (Å²) < 4.78 is 1.98. The number of benzene rings is 1. The van der Waals surface area contributed by atoms with Gasteiger partial charge in [0.25, 0.3) is 0 Å². The average Bonchev–Trinajstić information content (AvgIpc) is 2.62. The molecule has 0 amide bonds. The first-order chi connectivity index (χ1) is 6.34. The van der Waals surface area contributed by atoms with Crippen LogP contribution in [0.2, 0.25) is 0 Å². The first-order valence-electron chi connectivity index (χ1n) is 4.07. The molecule has 1 aromatic carbocycles. The molecule has 0 spiro atoms. The molecule has 3 heteroatoms. The monoisotopic (exact) mass is 190 g/mol. The fourth-order valence-corrected chi connectivity index (χ4v) is 1.74. The Bertz CT molecular complexity index is 364. The van der Waals surface area contributed by atoms with E-state index in [1.807, 2.05) is 10.2 Å². The van der Waals surface area contributed by atoms with Crippen LogP contribution in [0.25, 0.3) is 0 Å². The van der Waals surface area contributed by atoms with E-state index in [1.165, 1.54) is 10.5 Å². The molecule has 66 valence electrons. The van der Waals surface area contributed by atoms with Crippen LogP contribution >= 0.6 is 11.9 Å². The molecule has 2 rings (SSSR count). The number of hydrogen-bond acceptors (Lipinski definition) is 2. The molecule has 0 fully saturated rings. The molecule has 0 aliphatic heterocycles. The zero-order valence-corrected chi connectivity index (χ0v) is 8.16. The molecule has 1 heterocycles. The van der Waals surface area contributed by atoms with Gasteiger partial charge in [-0.1, -0.05) is 17.7 Å². The number of imidazole rings is 1. The van der Waals surface area contributed by atoms with Gasteiger partial charge in [-0.3, -0.25) is 3.97 Å². The largest absolute Gasteiger partial charge is 0.276 e. The first kappa shape index (κ1) is 8.38. The summed E-state index contributed by atoms with van der Waals surface area (Å²) in [6.45, 7) is 2.09. The molecule has 0 saturated carbocycles. The van der Waals surface area contributed by atoms with Crippen molar-refractivity contribution in [3.63, 3.8) is 0 Å². The molecular weight excluding hydrogens is 180 g/mol. The fourth-order valence-electron chi connectivity index (χ4n) is 1.02. The normalized spacial score (nSPS) is 10.2. The zero-order valence-electron chi connectivity index (χ0n) is 7.34. The summed E-state index contributed by atoms with van der Waals surface area (Å²) in [6.07, 6.45) is 5.51. The Balaban J connectivity index is 2.15. The summed E-state index contributed by atoms with van der Waals surface area (Å²) in [5, 5.41) is 0. The van der Waals surface area contributed by atoms with Crippen LogP contribution in [0.4, 0.5) is 0 Å². The summed E-state index contributed by atoms with van der Waals surface area (Å²) in [5.74, 6) is 0. The minimum absolute atomic E-state index is 1.23. The Labute approximate surface area is 81.8 Å². The number of hydrogen-bond donors (Lipinski definition) is 0. The van der Waals surface area contributed by atoms with Gasteiger partial charge in [-0.05, 0) is 31.0 Å². The van der Waals surface area contributed by atoms with Gasteiger partial charge in [0.05, 0.1) is 0 Å². The van der Waals surface area contributed by atoms with Crippen LogP contribution in [0.1, 0.15) is 5.56 Å². The van der Waals surface area contributed by atoms with Gasteiger partial charge in [-0.15, -0.1) is 0 Å². The van der Waals surface area contributed by atoms with E-state index >= 15 is 0 Å². The summed E-state index contributed by atoms with van der Waals surface area (Å²) >= 11 is 1.66. The molecule has 0 aliphatic carbocycles. The van der Waals surface area contributed by atoms with Crippen LogP contribution in [0.3, 0.4) is 0 Å². The Morgan fingerprint density at radius 3 is 2.62 bits per heavy atom. The van der Waals surface area contributed by atoms with E-state index < -0.39 is 0 Å². The van der Waals surface area contributed by atoms with Crippen LogP contribution in [0, 0.1) is 6.92 Å². The Morgan fingerprint density at radius 2 is 2.00 bits per heavy atom. The summed E-state index contributed by atoms with van der Waals surface area (Å²) in [6, 6.07) is 8.44. The molecule has 0 radical (unpaired) electrons. The van der Waals surface area contributed by atoms with E-state index in [1.54, 1.807) is 24.5 Å². The van der Waals surface area contributed by atoms with Gasteiger partial charge >= 0.3 is 0 Å². The van der Waals surface area contributed by atoms with Crippen molar-refractivity contribution in [2.45, 2.75) is 11.8 Å². The Kier molecular flexibility index (Phi) is 2.36. The molecule has 13 heavy (non-hydrogen) atoms. The van der Waals surface area contributed by atoms with Crippen molar-refractivity contribution < 1.29 is 0 Å². The van der Waals surface area contributed by atoms with E-state index in [4.69, 9.17) is 0 Å². The molecule has 1 aromatic heterocycles. The van der Waals surface area contributed by atoms with Crippen molar-refractivity contribution >= 4 is 11.9 Å². The quantitative estimate of drug-likeness (QED) is 0.724. The van der Waals surface area contributed by atoms with Gasteiger partial charge in [-0.25, -0.2) is 4.98 Å². The van der Waals surface area contributed by atoms with Crippen LogP contribution < -0.4 is 0 Å². The molecule has 0 bridgehead atoms. The van der Waals surface area contributed by atoms with Crippen molar-refractivity contribution in [1.82, 2.24) is 8.96 Å². The average molecular weight is 190 g/mol. The number of rotatable bonds is 2. The highest BCUT2D eigenvalue weighted by atomic mass is 32.2. The Hall–Kier alpha value is -1.22. The van der Waals surface area contributed by atoms with E-state index in [-0.39, 0.29) is 0 Å². The molecule has 0 unspecified atom stereocenters. The van der Waals surface area contributed by atoms with Gasteiger partial charge < -0.3 is 0 Å². The third kappa shape index (κ3) is 2.12. The molecule has 0 saturated heterocycles. The topological polar surface area (TPSA) is 17.8 Å². The van der Waals surface area contributed by atoms with Crippen molar-refractivity contribution in [3.8, 4) is 0 Å². The fraction of sp³-hybridized carbons (Fsp3) is 0.100. The highest BCUT2D eigenvalue weighted by molar-refractivity contribution is 7.97. The zero-order chi connectivity index (χ0) is 9.10. The highest BCUT2D eigenvalue weighted by Gasteiger charge is 1.94. The van der Waals surface area contributed by atoms with Gasteiger partial charge in [-0.2, -0.15) is 0 Å². The number of nitrogens with zero attached hydrogens (tertiary/aromatic N) is 2. The molecule has 2 aromatic rings. The maximum atomic E-state index is 3.98. The summed E-state index contributed by atoms with van der Waals surface area (Å²) in [4.78, 5) is 5.20. The second kappa shape index (κ2) is 3.66. The molecular formula is C10H10N2S. The van der Waals surface area contributed by atoms with Gasteiger partial charge in [0.15, 0.2) is 0 Å². The highest BCUT2D eigenvalue weighted by Crippen LogP contribution is 2.19. The third-order valence-electron chi connectivity index (χ3n) is 1.71. The van der Waals surface area contributed by atoms with E-state index in [0.717, 1.165) is 0 Å². The lowest BCUT2D eigenvalue weighted by molar-refractivity contribution is 1.22. The Morgan fingerprint density at radius 1 is 1.23 bits per heavy atom. The van der Waals surface area contributed by atoms with E-state index in [9.17, 15) is 0 Å². The van der Waals surface area contributed by atoms with E-state index in [0.29, 0.717) is 0 Å². The van der Waals surface area contributed by atoms with E-state index in [2.05, 4.69) is 36.2 Å². The SMILES string of the molecule is Cc1ccc(Sn2ccnc2)cc1. The van der Waals surface area contributed by atoms with Gasteiger partial charge in [0.2, 0.25) is 0 Å². The van der Waals surface area contributed by atoms with Crippen molar-refractivity contribution in [3.05, 3.63) is 48.5 Å². The molecule has 0 atom stereocenters. The molecule has 0 aliphatic rings. The minimum Gasteiger partial charge on any atom is -0.276 e. The van der Waals surface area contributed by atoms with Crippen molar-refractivity contribution in [1.29, 1.82) is 0 Å². The lowest BCUT2D eigenvalue weighted by atomic mass is 10.2. The molecule has 2 nitrogen and oxygen atoms in total. The second-order valence-corrected chi connectivity index (χ2v) is 3.90. The lowest BCUT2D eigenvalue weighted by Crippen LogP contribution is -1.81. The number of aryl methyl sites for hydroxylation is 1. The van der Waals surface area contributed by atoms with Crippen LogP contribution in [-0.4, -0.2) is 8.96 Å². The third-order valence-corrected chi connectivity index (χ3v) is 2.62. The standard InChI is InChI=1S/C10H10N2S/c1-9-2-4-10(5-3-9)13-12-7-6-11-8-12/h2-8H,1H3. The summed E-state index contributed by atoms with van der Waals surface area (Å²) in [5.41, 5.74) is 1.29. The van der Waals surface area contributed by atoms with Gasteiger partial charge in [0, 0.05) is 17.3 Å². The smallest absolute Gasteiger partial charge is 0.105 e. The molecule has 0 N–H and O–H groups in total.